The van der Waals surface area contributed by atoms with Crippen LogP contribution in [-0.4, -0.2) is 19.2 Å². The molecule has 7 heteroatoms. The minimum Gasteiger partial charge on any atom is -0.485 e. The van der Waals surface area contributed by atoms with Crippen molar-refractivity contribution in [3.05, 3.63) is 37.4 Å². The number of ether oxygens (including phenoxy) is 3. The Labute approximate surface area is 135 Å². The molecule has 20 heavy (non-hydrogen) atoms. The number of rotatable bonds is 4. The van der Waals surface area contributed by atoms with Crippen molar-refractivity contribution >= 4 is 49.0 Å². The van der Waals surface area contributed by atoms with Gasteiger partial charge in [0.25, 0.3) is 0 Å². The quantitative estimate of drug-likeness (QED) is 0.694. The van der Waals surface area contributed by atoms with Gasteiger partial charge < -0.3 is 14.2 Å². The number of fused-ring (bicyclic) bond motifs is 1. The zero-order chi connectivity index (χ0) is 14.1. The van der Waals surface area contributed by atoms with E-state index in [0.29, 0.717) is 22.8 Å². The molecule has 0 spiro atoms. The zero-order valence-corrected chi connectivity index (χ0v) is 14.0. The standard InChI is InChI=1S/C13H8Br2O4S/c14-12-4-8(13(15)20-12)9(16)5-17-7-1-2-10-11(3-7)19-6-18-10/h1-4H,5-6H2. The number of ketones is 1. The Morgan fingerprint density at radius 1 is 1.25 bits per heavy atom. The number of Topliss-reactive ketones (excluding diaryl/α,β-unsaturated/α-hetero) is 1. The van der Waals surface area contributed by atoms with Crippen LogP contribution in [0.25, 0.3) is 0 Å². The fourth-order valence-corrected chi connectivity index (χ4v) is 4.58. The van der Waals surface area contributed by atoms with Gasteiger partial charge in [0, 0.05) is 11.6 Å². The second-order valence-electron chi connectivity index (χ2n) is 3.96. The van der Waals surface area contributed by atoms with E-state index in [1.54, 1.807) is 24.3 Å². The van der Waals surface area contributed by atoms with Crippen LogP contribution >= 0.6 is 43.2 Å². The van der Waals surface area contributed by atoms with Gasteiger partial charge in [0.15, 0.2) is 18.1 Å². The van der Waals surface area contributed by atoms with Gasteiger partial charge in [-0.05, 0) is 50.1 Å². The van der Waals surface area contributed by atoms with Crippen LogP contribution in [0.5, 0.6) is 17.2 Å². The van der Waals surface area contributed by atoms with E-state index >= 15 is 0 Å². The Morgan fingerprint density at radius 2 is 2.05 bits per heavy atom. The largest absolute Gasteiger partial charge is 0.485 e. The molecule has 1 aliphatic rings. The molecule has 2 aromatic rings. The summed E-state index contributed by atoms with van der Waals surface area (Å²) in [4.78, 5) is 12.1. The van der Waals surface area contributed by atoms with E-state index in [1.807, 2.05) is 0 Å². The number of benzene rings is 1. The average Bonchev–Trinajstić information content (AvgIpc) is 3.01. The molecule has 1 aliphatic heterocycles. The fourth-order valence-electron chi connectivity index (χ4n) is 1.72. The topological polar surface area (TPSA) is 44.8 Å². The van der Waals surface area contributed by atoms with Gasteiger partial charge in [0.1, 0.15) is 5.75 Å². The lowest BCUT2D eigenvalue weighted by atomic mass is 10.2. The number of carbonyl (C=O) groups excluding carboxylic acids is 1. The molecule has 0 aliphatic carbocycles. The van der Waals surface area contributed by atoms with E-state index in [-0.39, 0.29) is 19.2 Å². The lowest BCUT2D eigenvalue weighted by Crippen LogP contribution is -2.11. The summed E-state index contributed by atoms with van der Waals surface area (Å²) in [5.41, 5.74) is 0.614. The van der Waals surface area contributed by atoms with Crippen molar-refractivity contribution in [3.63, 3.8) is 0 Å². The Balaban J connectivity index is 1.67. The van der Waals surface area contributed by atoms with Crippen molar-refractivity contribution < 1.29 is 19.0 Å². The Morgan fingerprint density at radius 3 is 2.80 bits per heavy atom. The summed E-state index contributed by atoms with van der Waals surface area (Å²) in [7, 11) is 0. The monoisotopic (exact) mass is 418 g/mol. The van der Waals surface area contributed by atoms with Gasteiger partial charge in [0.2, 0.25) is 12.6 Å². The normalized spacial score (nSPS) is 12.5. The molecule has 0 atom stereocenters. The number of hydrogen-bond donors (Lipinski definition) is 0. The van der Waals surface area contributed by atoms with Crippen LogP contribution < -0.4 is 14.2 Å². The first-order valence-electron chi connectivity index (χ1n) is 5.64. The van der Waals surface area contributed by atoms with Gasteiger partial charge in [-0.2, -0.15) is 0 Å². The van der Waals surface area contributed by atoms with Crippen LogP contribution in [0.15, 0.2) is 31.8 Å². The third kappa shape index (κ3) is 2.84. The summed E-state index contributed by atoms with van der Waals surface area (Å²) in [5, 5.41) is 0. The molecular weight excluding hydrogens is 412 g/mol. The van der Waals surface area contributed by atoms with Crippen molar-refractivity contribution in [2.24, 2.45) is 0 Å². The van der Waals surface area contributed by atoms with E-state index in [4.69, 9.17) is 14.2 Å². The van der Waals surface area contributed by atoms with Gasteiger partial charge >= 0.3 is 0 Å². The van der Waals surface area contributed by atoms with Crippen LogP contribution in [-0.2, 0) is 0 Å². The minimum absolute atomic E-state index is 0.0264. The lowest BCUT2D eigenvalue weighted by Gasteiger charge is -2.05. The molecule has 0 saturated heterocycles. The first-order chi connectivity index (χ1) is 9.63. The Hall–Kier alpha value is -1.05. The SMILES string of the molecule is O=C(COc1ccc2c(c1)OCO2)c1cc(Br)sc1Br. The maximum absolute atomic E-state index is 12.1. The molecule has 0 radical (unpaired) electrons. The van der Waals surface area contributed by atoms with E-state index in [9.17, 15) is 4.79 Å². The third-order valence-corrected chi connectivity index (χ3v) is 5.01. The predicted octanol–water partition coefficient (Wildman–Crippen LogP) is 4.26. The van der Waals surface area contributed by atoms with Crippen molar-refractivity contribution in [3.8, 4) is 17.2 Å². The number of hydrogen-bond acceptors (Lipinski definition) is 5. The van der Waals surface area contributed by atoms with Gasteiger partial charge in [0.05, 0.1) is 7.57 Å². The maximum Gasteiger partial charge on any atom is 0.231 e. The van der Waals surface area contributed by atoms with Crippen molar-refractivity contribution in [2.75, 3.05) is 13.4 Å². The number of thiophene rings is 1. The summed E-state index contributed by atoms with van der Waals surface area (Å²) >= 11 is 8.16. The van der Waals surface area contributed by atoms with Gasteiger partial charge in [-0.1, -0.05) is 0 Å². The Bertz CT molecular complexity index is 668. The van der Waals surface area contributed by atoms with Crippen LogP contribution in [0, 0.1) is 0 Å². The molecule has 0 amide bonds. The summed E-state index contributed by atoms with van der Waals surface area (Å²) in [6.45, 7) is 0.189. The van der Waals surface area contributed by atoms with Gasteiger partial charge in [-0.25, -0.2) is 0 Å². The fraction of sp³-hybridized carbons (Fsp3) is 0.154. The molecule has 2 heterocycles. The molecule has 0 N–H and O–H groups in total. The zero-order valence-electron chi connectivity index (χ0n) is 10.0. The summed E-state index contributed by atoms with van der Waals surface area (Å²) < 4.78 is 17.7. The van der Waals surface area contributed by atoms with Crippen molar-refractivity contribution in [1.29, 1.82) is 0 Å². The number of halogens is 2. The summed E-state index contributed by atoms with van der Waals surface area (Å²) in [6, 6.07) is 7.01. The second kappa shape index (κ2) is 5.75. The highest BCUT2D eigenvalue weighted by Crippen LogP contribution is 2.35. The second-order valence-corrected chi connectivity index (χ2v) is 7.71. The molecule has 0 unspecified atom stereocenters. The molecule has 0 fully saturated rings. The van der Waals surface area contributed by atoms with E-state index in [0.717, 1.165) is 7.57 Å². The molecular formula is C13H8Br2O4S. The minimum atomic E-state index is -0.0866. The molecule has 3 rings (SSSR count). The Kier molecular flexibility index (Phi) is 4.00. The van der Waals surface area contributed by atoms with Crippen molar-refractivity contribution in [2.45, 2.75) is 0 Å². The lowest BCUT2D eigenvalue weighted by molar-refractivity contribution is 0.0921. The molecule has 104 valence electrons. The van der Waals surface area contributed by atoms with E-state index < -0.39 is 0 Å². The third-order valence-electron chi connectivity index (χ3n) is 2.67. The first-order valence-corrected chi connectivity index (χ1v) is 8.04. The van der Waals surface area contributed by atoms with E-state index in [1.165, 1.54) is 11.3 Å². The van der Waals surface area contributed by atoms with Crippen LogP contribution in [0.2, 0.25) is 0 Å². The smallest absolute Gasteiger partial charge is 0.231 e. The highest BCUT2D eigenvalue weighted by molar-refractivity contribution is 9.12. The first kappa shape index (κ1) is 13.9. The molecule has 1 aromatic carbocycles. The summed E-state index contributed by atoms with van der Waals surface area (Å²) in [6.07, 6.45) is 0. The predicted molar refractivity (Wildman–Crippen MR) is 82.1 cm³/mol. The molecule has 1 aromatic heterocycles. The highest BCUT2D eigenvalue weighted by Gasteiger charge is 2.16. The maximum atomic E-state index is 12.1. The van der Waals surface area contributed by atoms with Crippen LogP contribution in [0.4, 0.5) is 0 Å². The molecule has 0 bridgehead atoms. The summed E-state index contributed by atoms with van der Waals surface area (Å²) in [5.74, 6) is 1.81. The van der Waals surface area contributed by atoms with E-state index in [2.05, 4.69) is 31.9 Å². The number of carbonyl (C=O) groups is 1. The molecule has 4 nitrogen and oxygen atoms in total. The van der Waals surface area contributed by atoms with Crippen LogP contribution in [0.1, 0.15) is 10.4 Å². The van der Waals surface area contributed by atoms with Crippen LogP contribution in [0.3, 0.4) is 0 Å². The highest BCUT2D eigenvalue weighted by atomic mass is 79.9. The van der Waals surface area contributed by atoms with Crippen molar-refractivity contribution in [1.82, 2.24) is 0 Å². The molecule has 0 saturated carbocycles. The average molecular weight is 420 g/mol. The van der Waals surface area contributed by atoms with Gasteiger partial charge in [-0.3, -0.25) is 4.79 Å². The van der Waals surface area contributed by atoms with Gasteiger partial charge in [-0.15, -0.1) is 11.3 Å².